The smallest absolute Gasteiger partial charge is 0.323 e. The third kappa shape index (κ3) is 4.75. The number of hydrogen-bond donors (Lipinski definition) is 1. The van der Waals surface area contributed by atoms with Crippen LogP contribution < -0.4 is 4.74 Å². The summed E-state index contributed by atoms with van der Waals surface area (Å²) in [6, 6.07) is 4.70. The Morgan fingerprint density at radius 2 is 2.04 bits per heavy atom. The summed E-state index contributed by atoms with van der Waals surface area (Å²) in [6.45, 7) is 2.20. The van der Waals surface area contributed by atoms with Gasteiger partial charge in [-0.3, -0.25) is 9.59 Å². The summed E-state index contributed by atoms with van der Waals surface area (Å²) in [5.74, 6) is -1.18. The van der Waals surface area contributed by atoms with Gasteiger partial charge >= 0.3 is 5.97 Å². The lowest BCUT2D eigenvalue weighted by Crippen LogP contribution is -2.50. The van der Waals surface area contributed by atoms with E-state index in [9.17, 15) is 9.59 Å². The first-order chi connectivity index (χ1) is 11.4. The lowest BCUT2D eigenvalue weighted by Gasteiger charge is -2.34. The summed E-state index contributed by atoms with van der Waals surface area (Å²) < 4.78 is 10.9. The molecule has 8 heteroatoms. The third-order valence-electron chi connectivity index (χ3n) is 3.79. The second-order valence-corrected chi connectivity index (χ2v) is 6.30. The summed E-state index contributed by atoms with van der Waals surface area (Å²) in [5, 5.41) is 9.65. The fourth-order valence-electron chi connectivity index (χ4n) is 2.58. The van der Waals surface area contributed by atoms with Crippen molar-refractivity contribution in [3.63, 3.8) is 0 Å². The number of carbonyl (C=O) groups is 2. The molecule has 1 atom stereocenters. The molecule has 0 radical (unpaired) electrons. The highest BCUT2D eigenvalue weighted by atomic mass is 35.5. The number of ether oxygens (including phenoxy) is 2. The Bertz CT molecular complexity index is 604. The monoisotopic (exact) mass is 375 g/mol. The largest absolute Gasteiger partial charge is 0.480 e. The van der Waals surface area contributed by atoms with Gasteiger partial charge in [-0.25, -0.2) is 0 Å². The second-order valence-electron chi connectivity index (χ2n) is 5.52. The zero-order chi connectivity index (χ0) is 17.7. The van der Waals surface area contributed by atoms with Crippen LogP contribution in [-0.4, -0.2) is 53.8 Å². The van der Waals surface area contributed by atoms with Gasteiger partial charge in [0.1, 0.15) is 17.3 Å². The van der Waals surface area contributed by atoms with Crippen molar-refractivity contribution in [1.82, 2.24) is 4.90 Å². The van der Waals surface area contributed by atoms with Crippen LogP contribution in [0.2, 0.25) is 10.0 Å². The van der Waals surface area contributed by atoms with Crippen LogP contribution in [0.4, 0.5) is 0 Å². The maximum absolute atomic E-state index is 12.7. The average Bonchev–Trinajstić information content (AvgIpc) is 2.56. The molecule has 0 aliphatic carbocycles. The van der Waals surface area contributed by atoms with Gasteiger partial charge in [-0.2, -0.15) is 0 Å². The van der Waals surface area contributed by atoms with E-state index in [1.165, 1.54) is 4.90 Å². The summed E-state index contributed by atoms with van der Waals surface area (Å²) in [4.78, 5) is 25.2. The molecule has 6 nitrogen and oxygen atoms in total. The van der Waals surface area contributed by atoms with Gasteiger partial charge in [0.15, 0.2) is 6.10 Å². The second kappa shape index (κ2) is 8.55. The quantitative estimate of drug-likeness (QED) is 0.826. The number of halogens is 2. The van der Waals surface area contributed by atoms with Crippen LogP contribution in [-0.2, 0) is 14.3 Å². The minimum atomic E-state index is -1.07. The highest BCUT2D eigenvalue weighted by Gasteiger charge is 2.31. The van der Waals surface area contributed by atoms with Crippen LogP contribution in [0.25, 0.3) is 0 Å². The highest BCUT2D eigenvalue weighted by Crippen LogP contribution is 2.32. The standard InChI is InChI=1S/C16H19Cl2NO5/c1-10(24-13-4-2-3-12(17)15(13)18)16(22)19(9-14(20)21)11-5-7-23-8-6-11/h2-4,10-11H,5-9H2,1H3,(H,20,21)/t10-/m0/s1. The predicted octanol–water partition coefficient (Wildman–Crippen LogP) is 2.85. The summed E-state index contributed by atoms with van der Waals surface area (Å²) in [6.07, 6.45) is 0.316. The van der Waals surface area contributed by atoms with Crippen molar-refractivity contribution in [2.75, 3.05) is 19.8 Å². The Kier molecular flexibility index (Phi) is 6.71. The molecule has 132 valence electrons. The molecule has 0 aromatic heterocycles. The maximum Gasteiger partial charge on any atom is 0.323 e. The van der Waals surface area contributed by atoms with Crippen molar-refractivity contribution in [3.8, 4) is 5.75 Å². The van der Waals surface area contributed by atoms with Gasteiger partial charge in [-0.1, -0.05) is 29.3 Å². The topological polar surface area (TPSA) is 76.1 Å². The summed E-state index contributed by atoms with van der Waals surface area (Å²) >= 11 is 12.0. The molecule has 1 aliphatic heterocycles. The number of benzene rings is 1. The molecule has 2 rings (SSSR count). The Labute approximate surface area is 150 Å². The molecule has 0 spiro atoms. The Balaban J connectivity index is 2.12. The van der Waals surface area contributed by atoms with Crippen LogP contribution in [0, 0.1) is 0 Å². The molecule has 1 saturated heterocycles. The molecule has 1 N–H and O–H groups in total. The number of nitrogens with zero attached hydrogens (tertiary/aromatic N) is 1. The molecule has 1 amide bonds. The average molecular weight is 376 g/mol. The number of aliphatic carboxylic acids is 1. The number of carbonyl (C=O) groups excluding carboxylic acids is 1. The van der Waals surface area contributed by atoms with Gasteiger partial charge in [-0.15, -0.1) is 0 Å². The van der Waals surface area contributed by atoms with Crippen molar-refractivity contribution in [1.29, 1.82) is 0 Å². The zero-order valence-electron chi connectivity index (χ0n) is 13.2. The summed E-state index contributed by atoms with van der Waals surface area (Å²) in [7, 11) is 0. The van der Waals surface area contributed by atoms with Gasteiger partial charge < -0.3 is 19.5 Å². The molecule has 1 aliphatic rings. The minimum absolute atomic E-state index is 0.178. The summed E-state index contributed by atoms with van der Waals surface area (Å²) in [5.41, 5.74) is 0. The number of carboxylic acid groups (broad SMARTS) is 1. The van der Waals surface area contributed by atoms with Gasteiger partial charge in [0.2, 0.25) is 0 Å². The fraction of sp³-hybridized carbons (Fsp3) is 0.500. The van der Waals surface area contributed by atoms with Crippen LogP contribution in [0.5, 0.6) is 5.75 Å². The number of rotatable bonds is 6. The maximum atomic E-state index is 12.7. The predicted molar refractivity (Wildman–Crippen MR) is 89.7 cm³/mol. The van der Waals surface area contributed by atoms with E-state index in [-0.39, 0.29) is 23.4 Å². The number of carboxylic acids is 1. The first kappa shape index (κ1) is 18.8. The van der Waals surface area contributed by atoms with E-state index >= 15 is 0 Å². The van der Waals surface area contributed by atoms with E-state index in [4.69, 9.17) is 37.8 Å². The van der Waals surface area contributed by atoms with Crippen LogP contribution >= 0.6 is 23.2 Å². The Morgan fingerprint density at radius 3 is 2.67 bits per heavy atom. The van der Waals surface area contributed by atoms with Crippen LogP contribution in [0.15, 0.2) is 18.2 Å². The Morgan fingerprint density at radius 1 is 1.38 bits per heavy atom. The molecule has 1 heterocycles. The van der Waals surface area contributed by atoms with Crippen molar-refractivity contribution in [2.45, 2.75) is 31.9 Å². The molecular formula is C16H19Cl2NO5. The number of hydrogen-bond acceptors (Lipinski definition) is 4. The molecule has 0 unspecified atom stereocenters. The van der Waals surface area contributed by atoms with Gasteiger partial charge in [0.25, 0.3) is 5.91 Å². The third-order valence-corrected chi connectivity index (χ3v) is 4.59. The first-order valence-electron chi connectivity index (χ1n) is 7.61. The van der Waals surface area contributed by atoms with Crippen molar-refractivity contribution in [2.24, 2.45) is 0 Å². The Hall–Kier alpha value is -1.50. The van der Waals surface area contributed by atoms with E-state index in [0.717, 1.165) is 0 Å². The molecule has 0 saturated carbocycles. The number of amides is 1. The van der Waals surface area contributed by atoms with E-state index in [1.54, 1.807) is 25.1 Å². The van der Waals surface area contributed by atoms with Crippen molar-refractivity contribution in [3.05, 3.63) is 28.2 Å². The van der Waals surface area contributed by atoms with Crippen LogP contribution in [0.1, 0.15) is 19.8 Å². The van der Waals surface area contributed by atoms with Gasteiger partial charge in [0.05, 0.1) is 5.02 Å². The molecule has 24 heavy (non-hydrogen) atoms. The normalized spacial score (nSPS) is 16.5. The van der Waals surface area contributed by atoms with E-state index in [1.807, 2.05) is 0 Å². The van der Waals surface area contributed by atoms with E-state index in [0.29, 0.717) is 31.1 Å². The SMILES string of the molecule is C[C@H](Oc1cccc(Cl)c1Cl)C(=O)N(CC(=O)O)C1CCOCC1. The van der Waals surface area contributed by atoms with E-state index < -0.39 is 18.0 Å². The van der Waals surface area contributed by atoms with Crippen molar-refractivity contribution < 1.29 is 24.2 Å². The molecular weight excluding hydrogens is 357 g/mol. The molecule has 1 aromatic carbocycles. The zero-order valence-corrected chi connectivity index (χ0v) is 14.7. The van der Waals surface area contributed by atoms with Gasteiger partial charge in [0, 0.05) is 19.3 Å². The molecule has 0 bridgehead atoms. The molecule has 1 aromatic rings. The minimum Gasteiger partial charge on any atom is -0.480 e. The highest BCUT2D eigenvalue weighted by molar-refractivity contribution is 6.42. The first-order valence-corrected chi connectivity index (χ1v) is 8.36. The molecule has 1 fully saturated rings. The van der Waals surface area contributed by atoms with Gasteiger partial charge in [-0.05, 0) is 31.9 Å². The van der Waals surface area contributed by atoms with Crippen molar-refractivity contribution >= 4 is 35.1 Å². The fourth-order valence-corrected chi connectivity index (χ4v) is 2.92. The van der Waals surface area contributed by atoms with Crippen LogP contribution in [0.3, 0.4) is 0 Å². The van der Waals surface area contributed by atoms with E-state index in [2.05, 4.69) is 0 Å². The lowest BCUT2D eigenvalue weighted by molar-refractivity contribution is -0.151. The lowest BCUT2D eigenvalue weighted by atomic mass is 10.1.